The lowest BCUT2D eigenvalue weighted by Crippen LogP contribution is -2.37. The molecule has 1 fully saturated rings. The first-order valence-corrected chi connectivity index (χ1v) is 9.96. The molecule has 0 aliphatic carbocycles. The lowest BCUT2D eigenvalue weighted by Gasteiger charge is -2.26. The smallest absolute Gasteiger partial charge is 0.243 e. The van der Waals surface area contributed by atoms with Crippen molar-refractivity contribution in [2.24, 2.45) is 0 Å². The number of aromatic amines is 1. The Hall–Kier alpha value is -2.96. The molecule has 1 aliphatic heterocycles. The highest BCUT2D eigenvalue weighted by Gasteiger charge is 2.35. The molecule has 4 rings (SSSR count). The Morgan fingerprint density at radius 1 is 1.33 bits per heavy atom. The van der Waals surface area contributed by atoms with E-state index in [0.717, 1.165) is 16.9 Å². The summed E-state index contributed by atoms with van der Waals surface area (Å²) in [6.45, 7) is 0.793. The molecule has 1 atom stereocenters. The van der Waals surface area contributed by atoms with Gasteiger partial charge in [-0.1, -0.05) is 6.07 Å². The van der Waals surface area contributed by atoms with Crippen molar-refractivity contribution in [2.75, 3.05) is 25.0 Å². The first kappa shape index (κ1) is 17.5. The van der Waals surface area contributed by atoms with Crippen LogP contribution in [0.15, 0.2) is 47.8 Å². The Bertz CT molecular complexity index is 1130. The van der Waals surface area contributed by atoms with Gasteiger partial charge in [0.25, 0.3) is 0 Å². The van der Waals surface area contributed by atoms with Gasteiger partial charge in [-0.05, 0) is 30.7 Å². The molecule has 0 spiro atoms. The third kappa shape index (κ3) is 3.03. The van der Waals surface area contributed by atoms with Gasteiger partial charge in [0.2, 0.25) is 10.0 Å². The van der Waals surface area contributed by atoms with Gasteiger partial charge in [0.05, 0.1) is 21.9 Å². The van der Waals surface area contributed by atoms with Crippen LogP contribution in [-0.2, 0) is 10.0 Å². The van der Waals surface area contributed by atoms with Crippen LogP contribution in [0.25, 0.3) is 11.0 Å². The van der Waals surface area contributed by atoms with Gasteiger partial charge in [-0.2, -0.15) is 9.57 Å². The van der Waals surface area contributed by atoms with E-state index in [0.29, 0.717) is 25.1 Å². The van der Waals surface area contributed by atoms with Gasteiger partial charge < -0.3 is 9.88 Å². The van der Waals surface area contributed by atoms with Crippen molar-refractivity contribution in [1.29, 1.82) is 5.26 Å². The number of hydrogen-bond donors (Lipinski definition) is 1. The van der Waals surface area contributed by atoms with Crippen LogP contribution in [0, 0.1) is 11.3 Å². The maximum atomic E-state index is 12.9. The zero-order valence-electron chi connectivity index (χ0n) is 14.7. The molecule has 0 amide bonds. The molecular weight excluding hydrogens is 364 g/mol. The maximum Gasteiger partial charge on any atom is 0.243 e. The van der Waals surface area contributed by atoms with Crippen molar-refractivity contribution in [3.05, 3.63) is 48.4 Å². The molecule has 3 heterocycles. The molecule has 0 bridgehead atoms. The molecule has 9 heteroatoms. The molecule has 138 valence electrons. The SMILES string of the molecule is CN(c1ncnc2[nH]ccc12)C1CCN(S(=O)(=O)c2cccc(C#N)c2)C1. The topological polar surface area (TPSA) is 106 Å². The molecule has 3 aromatic rings. The number of rotatable bonds is 4. The summed E-state index contributed by atoms with van der Waals surface area (Å²) in [5.74, 6) is 0.775. The van der Waals surface area contributed by atoms with Crippen LogP contribution in [0.2, 0.25) is 0 Å². The monoisotopic (exact) mass is 382 g/mol. The fourth-order valence-electron chi connectivity index (χ4n) is 3.43. The van der Waals surface area contributed by atoms with E-state index in [1.807, 2.05) is 30.3 Å². The van der Waals surface area contributed by atoms with E-state index < -0.39 is 10.0 Å². The minimum absolute atomic E-state index is 0.00641. The van der Waals surface area contributed by atoms with Crippen molar-refractivity contribution >= 4 is 26.9 Å². The van der Waals surface area contributed by atoms with E-state index in [4.69, 9.17) is 5.26 Å². The standard InChI is InChI=1S/C18H18N6O2S/c1-23(18-16-5-7-20-17(16)21-12-22-18)14-6-8-24(11-14)27(25,26)15-4-2-3-13(9-15)10-19/h2-5,7,9,12,14H,6,8,11H2,1H3,(H,20,21,22). The number of nitrogens with zero attached hydrogens (tertiary/aromatic N) is 5. The molecule has 1 saturated heterocycles. The van der Waals surface area contributed by atoms with Crippen molar-refractivity contribution in [3.63, 3.8) is 0 Å². The Morgan fingerprint density at radius 2 is 2.19 bits per heavy atom. The van der Waals surface area contributed by atoms with E-state index in [2.05, 4.69) is 15.0 Å². The molecular formula is C18H18N6O2S. The van der Waals surface area contributed by atoms with Crippen LogP contribution in [0.3, 0.4) is 0 Å². The summed E-state index contributed by atoms with van der Waals surface area (Å²) in [5.41, 5.74) is 1.09. The van der Waals surface area contributed by atoms with Crippen molar-refractivity contribution < 1.29 is 8.42 Å². The van der Waals surface area contributed by atoms with Gasteiger partial charge in [-0.3, -0.25) is 0 Å². The highest BCUT2D eigenvalue weighted by molar-refractivity contribution is 7.89. The number of nitriles is 1. The van der Waals surface area contributed by atoms with Gasteiger partial charge in [0.15, 0.2) is 0 Å². The number of anilines is 1. The molecule has 8 nitrogen and oxygen atoms in total. The summed E-state index contributed by atoms with van der Waals surface area (Å²) in [4.78, 5) is 13.8. The van der Waals surface area contributed by atoms with Gasteiger partial charge >= 0.3 is 0 Å². The average molecular weight is 382 g/mol. The number of sulfonamides is 1. The highest BCUT2D eigenvalue weighted by atomic mass is 32.2. The summed E-state index contributed by atoms with van der Waals surface area (Å²) in [6, 6.07) is 10.0. The van der Waals surface area contributed by atoms with E-state index in [-0.39, 0.29) is 10.9 Å². The number of H-pyrrole nitrogens is 1. The maximum absolute atomic E-state index is 12.9. The molecule has 2 aromatic heterocycles. The summed E-state index contributed by atoms with van der Waals surface area (Å²) in [5, 5.41) is 9.93. The fraction of sp³-hybridized carbons (Fsp3) is 0.278. The van der Waals surface area contributed by atoms with Crippen molar-refractivity contribution in [1.82, 2.24) is 19.3 Å². The highest BCUT2D eigenvalue weighted by Crippen LogP contribution is 2.28. The number of benzene rings is 1. The molecule has 1 unspecified atom stereocenters. The zero-order chi connectivity index (χ0) is 19.0. The summed E-state index contributed by atoms with van der Waals surface area (Å²) >= 11 is 0. The number of likely N-dealkylation sites (N-methyl/N-ethyl adjacent to an activating group) is 1. The first-order chi connectivity index (χ1) is 13.0. The first-order valence-electron chi connectivity index (χ1n) is 8.52. The Kier molecular flexibility index (Phi) is 4.30. The summed E-state index contributed by atoms with van der Waals surface area (Å²) < 4.78 is 27.4. The van der Waals surface area contributed by atoms with E-state index in [1.165, 1.54) is 22.8 Å². The molecule has 27 heavy (non-hydrogen) atoms. The normalized spacial score (nSPS) is 17.9. The Labute approximate surface area is 157 Å². The third-order valence-electron chi connectivity index (χ3n) is 4.94. The number of nitrogens with one attached hydrogen (secondary N) is 1. The molecule has 0 radical (unpaired) electrons. The van der Waals surface area contributed by atoms with Crippen LogP contribution < -0.4 is 4.90 Å². The van der Waals surface area contributed by atoms with Gasteiger partial charge in [-0.25, -0.2) is 18.4 Å². The average Bonchev–Trinajstić information content (AvgIpc) is 3.37. The largest absolute Gasteiger partial charge is 0.355 e. The molecule has 1 aliphatic rings. The minimum atomic E-state index is -3.63. The second kappa shape index (κ2) is 6.64. The van der Waals surface area contributed by atoms with Gasteiger partial charge in [-0.15, -0.1) is 0 Å². The fourth-order valence-corrected chi connectivity index (χ4v) is 4.97. The van der Waals surface area contributed by atoms with E-state index in [9.17, 15) is 8.42 Å². The quantitative estimate of drug-likeness (QED) is 0.737. The predicted molar refractivity (Wildman–Crippen MR) is 101 cm³/mol. The zero-order valence-corrected chi connectivity index (χ0v) is 15.5. The predicted octanol–water partition coefficient (Wildman–Crippen LogP) is 1.73. The van der Waals surface area contributed by atoms with Crippen LogP contribution in [-0.4, -0.2) is 53.9 Å². The van der Waals surface area contributed by atoms with Crippen LogP contribution in [0.1, 0.15) is 12.0 Å². The Balaban J connectivity index is 1.58. The van der Waals surface area contributed by atoms with Crippen LogP contribution >= 0.6 is 0 Å². The van der Waals surface area contributed by atoms with Crippen LogP contribution in [0.5, 0.6) is 0 Å². The molecule has 1 N–H and O–H groups in total. The molecule has 1 aromatic carbocycles. The third-order valence-corrected chi connectivity index (χ3v) is 6.80. The number of hydrogen-bond acceptors (Lipinski definition) is 6. The summed E-state index contributed by atoms with van der Waals surface area (Å²) in [6.07, 6.45) is 4.01. The summed E-state index contributed by atoms with van der Waals surface area (Å²) in [7, 11) is -1.71. The lowest BCUT2D eigenvalue weighted by molar-refractivity contribution is 0.470. The van der Waals surface area contributed by atoms with Crippen molar-refractivity contribution in [3.8, 4) is 6.07 Å². The van der Waals surface area contributed by atoms with Gasteiger partial charge in [0, 0.05) is 32.4 Å². The number of fused-ring (bicyclic) bond motifs is 1. The van der Waals surface area contributed by atoms with Gasteiger partial charge in [0.1, 0.15) is 17.8 Å². The number of aromatic nitrogens is 3. The molecule has 0 saturated carbocycles. The minimum Gasteiger partial charge on any atom is -0.355 e. The second-order valence-corrected chi connectivity index (χ2v) is 8.43. The van der Waals surface area contributed by atoms with Crippen molar-refractivity contribution in [2.45, 2.75) is 17.4 Å². The second-order valence-electron chi connectivity index (χ2n) is 6.49. The van der Waals surface area contributed by atoms with Crippen LogP contribution in [0.4, 0.5) is 5.82 Å². The van der Waals surface area contributed by atoms with E-state index in [1.54, 1.807) is 12.1 Å². The lowest BCUT2D eigenvalue weighted by atomic mass is 10.2. The Morgan fingerprint density at radius 3 is 3.00 bits per heavy atom. The van der Waals surface area contributed by atoms with E-state index >= 15 is 0 Å².